The van der Waals surface area contributed by atoms with E-state index in [1.165, 1.54) is 24.3 Å². The van der Waals surface area contributed by atoms with Crippen LogP contribution in [0.25, 0.3) is 10.8 Å². The van der Waals surface area contributed by atoms with E-state index in [1.807, 2.05) is 42.5 Å². The Morgan fingerprint density at radius 3 is 1.77 bits per heavy atom. The second-order valence-corrected chi connectivity index (χ2v) is 7.90. The topological polar surface area (TPSA) is 0 Å². The fourth-order valence-electron chi connectivity index (χ4n) is 2.92. The highest BCUT2D eigenvalue weighted by molar-refractivity contribution is 7.97. The Morgan fingerprint density at radius 1 is 0.462 bits per heavy atom. The highest BCUT2D eigenvalue weighted by atomic mass is 32.2. The molecule has 0 aliphatic heterocycles. The molecule has 1 atom stereocenters. The lowest BCUT2D eigenvalue weighted by Crippen LogP contribution is -2.06. The average molecular weight is 367 g/mol. The summed E-state index contributed by atoms with van der Waals surface area (Å²) in [6.45, 7) is 0. The molecular formula is C22H14F3S+. The fourth-order valence-corrected chi connectivity index (χ4v) is 5.05. The van der Waals surface area contributed by atoms with Gasteiger partial charge in [0.25, 0.3) is 0 Å². The van der Waals surface area contributed by atoms with Crippen molar-refractivity contribution in [3.63, 3.8) is 0 Å². The Balaban J connectivity index is 1.92. The zero-order valence-electron chi connectivity index (χ0n) is 13.6. The maximum atomic E-state index is 13.8. The molecule has 4 rings (SSSR count). The van der Waals surface area contributed by atoms with Crippen molar-refractivity contribution in [3.05, 3.63) is 102 Å². The van der Waals surface area contributed by atoms with Crippen LogP contribution in [0, 0.1) is 17.5 Å². The Kier molecular flexibility index (Phi) is 4.43. The van der Waals surface area contributed by atoms with Crippen LogP contribution < -0.4 is 0 Å². The minimum absolute atomic E-state index is 0.346. The van der Waals surface area contributed by atoms with Gasteiger partial charge in [-0.25, -0.2) is 13.2 Å². The molecule has 0 saturated heterocycles. The van der Waals surface area contributed by atoms with Gasteiger partial charge >= 0.3 is 0 Å². The van der Waals surface area contributed by atoms with E-state index in [4.69, 9.17) is 0 Å². The van der Waals surface area contributed by atoms with Crippen molar-refractivity contribution in [2.75, 3.05) is 0 Å². The molecule has 0 fully saturated rings. The van der Waals surface area contributed by atoms with Crippen molar-refractivity contribution in [2.45, 2.75) is 14.7 Å². The zero-order chi connectivity index (χ0) is 18.1. The summed E-state index contributed by atoms with van der Waals surface area (Å²) in [5, 5.41) is 2.13. The summed E-state index contributed by atoms with van der Waals surface area (Å²) >= 11 is 0. The van der Waals surface area contributed by atoms with Crippen LogP contribution in [0.3, 0.4) is 0 Å². The van der Waals surface area contributed by atoms with Crippen LogP contribution in [-0.4, -0.2) is 0 Å². The summed E-state index contributed by atoms with van der Waals surface area (Å²) in [5.74, 6) is -1.60. The van der Waals surface area contributed by atoms with Gasteiger partial charge in [0, 0.05) is 24.3 Å². The van der Waals surface area contributed by atoms with Crippen LogP contribution >= 0.6 is 0 Å². The molecule has 0 nitrogen and oxygen atoms in total. The van der Waals surface area contributed by atoms with Gasteiger partial charge in [0.05, 0.1) is 10.9 Å². The van der Waals surface area contributed by atoms with Crippen molar-refractivity contribution in [3.8, 4) is 0 Å². The minimum Gasteiger partial charge on any atom is -0.207 e. The monoisotopic (exact) mass is 367 g/mol. The second kappa shape index (κ2) is 6.89. The van der Waals surface area contributed by atoms with Crippen LogP contribution in [0.2, 0.25) is 0 Å². The number of halogens is 3. The molecule has 4 aromatic rings. The quantitative estimate of drug-likeness (QED) is 0.370. The zero-order valence-corrected chi connectivity index (χ0v) is 14.4. The Labute approximate surface area is 152 Å². The molecule has 0 amide bonds. The van der Waals surface area contributed by atoms with E-state index >= 15 is 0 Å². The summed E-state index contributed by atoms with van der Waals surface area (Å²) < 4.78 is 41.1. The smallest absolute Gasteiger partial charge is 0.172 e. The number of rotatable bonds is 3. The molecule has 1 unspecified atom stereocenters. The van der Waals surface area contributed by atoms with Gasteiger partial charge in [-0.3, -0.25) is 0 Å². The predicted octanol–water partition coefficient (Wildman–Crippen LogP) is 6.35. The molecule has 0 aromatic heterocycles. The van der Waals surface area contributed by atoms with Gasteiger partial charge in [0.2, 0.25) is 0 Å². The summed E-state index contributed by atoms with van der Waals surface area (Å²) in [6.07, 6.45) is 0. The molecule has 26 heavy (non-hydrogen) atoms. The number of hydrogen-bond acceptors (Lipinski definition) is 0. The Hall–Kier alpha value is -2.72. The van der Waals surface area contributed by atoms with Gasteiger partial charge in [-0.05, 0) is 47.2 Å². The van der Waals surface area contributed by atoms with Gasteiger partial charge in [0.1, 0.15) is 17.5 Å². The molecule has 0 radical (unpaired) electrons. The molecule has 0 heterocycles. The third-order valence-electron chi connectivity index (χ3n) is 4.08. The van der Waals surface area contributed by atoms with E-state index in [1.54, 1.807) is 12.1 Å². The van der Waals surface area contributed by atoms with Crippen LogP contribution in [0.15, 0.2) is 99.6 Å². The summed E-state index contributed by atoms with van der Waals surface area (Å²) in [6, 6.07) is 23.5. The van der Waals surface area contributed by atoms with Crippen molar-refractivity contribution < 1.29 is 13.2 Å². The van der Waals surface area contributed by atoms with Crippen molar-refractivity contribution in [1.82, 2.24) is 0 Å². The molecular weight excluding hydrogens is 353 g/mol. The lowest BCUT2D eigenvalue weighted by molar-refractivity contribution is 0.577. The number of fused-ring (bicyclic) bond motifs is 1. The first-order valence-electron chi connectivity index (χ1n) is 8.05. The lowest BCUT2D eigenvalue weighted by Gasteiger charge is -2.09. The van der Waals surface area contributed by atoms with Gasteiger partial charge in [-0.2, -0.15) is 0 Å². The predicted molar refractivity (Wildman–Crippen MR) is 98.9 cm³/mol. The Morgan fingerprint density at radius 2 is 1.08 bits per heavy atom. The van der Waals surface area contributed by atoms with E-state index in [2.05, 4.69) is 0 Å². The number of hydrogen-bond donors (Lipinski definition) is 0. The molecule has 0 N–H and O–H groups in total. The summed E-state index contributed by atoms with van der Waals surface area (Å²) in [7, 11) is -0.746. The third kappa shape index (κ3) is 3.33. The standard InChI is InChI=1S/C22H14F3S/c23-17-6-9-20(10-7-17)26(22-13-18(24)12-19(25)14-22)21-8-5-15-3-1-2-4-16(15)11-21/h1-14H/q+1. The third-order valence-corrected chi connectivity index (χ3v) is 6.25. The van der Waals surface area contributed by atoms with E-state index in [0.717, 1.165) is 26.6 Å². The maximum Gasteiger partial charge on any atom is 0.172 e. The van der Waals surface area contributed by atoms with Crippen LogP contribution in [0.1, 0.15) is 0 Å². The second-order valence-electron chi connectivity index (χ2n) is 5.87. The molecule has 4 aromatic carbocycles. The minimum atomic E-state index is -0.746. The van der Waals surface area contributed by atoms with Crippen LogP contribution in [0.5, 0.6) is 0 Å². The highest BCUT2D eigenvalue weighted by Crippen LogP contribution is 2.33. The van der Waals surface area contributed by atoms with Gasteiger partial charge < -0.3 is 0 Å². The molecule has 0 aliphatic rings. The lowest BCUT2D eigenvalue weighted by atomic mass is 10.1. The first-order valence-corrected chi connectivity index (χ1v) is 9.27. The summed E-state index contributed by atoms with van der Waals surface area (Å²) in [4.78, 5) is 2.23. The first-order chi connectivity index (χ1) is 12.6. The molecule has 0 aliphatic carbocycles. The van der Waals surface area contributed by atoms with Crippen molar-refractivity contribution in [1.29, 1.82) is 0 Å². The number of benzene rings is 4. The average Bonchev–Trinajstić information content (AvgIpc) is 2.63. The van der Waals surface area contributed by atoms with Crippen LogP contribution in [0.4, 0.5) is 13.2 Å². The molecule has 4 heteroatoms. The fraction of sp³-hybridized carbons (Fsp3) is 0. The van der Waals surface area contributed by atoms with Crippen LogP contribution in [-0.2, 0) is 10.9 Å². The molecule has 0 bridgehead atoms. The highest BCUT2D eigenvalue weighted by Gasteiger charge is 2.30. The van der Waals surface area contributed by atoms with E-state index < -0.39 is 22.5 Å². The first kappa shape index (κ1) is 16.7. The van der Waals surface area contributed by atoms with E-state index in [9.17, 15) is 13.2 Å². The summed E-state index contributed by atoms with van der Waals surface area (Å²) in [5.41, 5.74) is 0. The van der Waals surface area contributed by atoms with E-state index in [-0.39, 0.29) is 5.82 Å². The van der Waals surface area contributed by atoms with E-state index in [0.29, 0.717) is 4.90 Å². The normalized spacial score (nSPS) is 12.3. The maximum absolute atomic E-state index is 13.8. The van der Waals surface area contributed by atoms with Crippen molar-refractivity contribution >= 4 is 21.7 Å². The Bertz CT molecular complexity index is 1050. The van der Waals surface area contributed by atoms with Gasteiger partial charge in [-0.15, -0.1) is 0 Å². The molecule has 0 spiro atoms. The largest absolute Gasteiger partial charge is 0.207 e. The van der Waals surface area contributed by atoms with Crippen molar-refractivity contribution in [2.24, 2.45) is 0 Å². The van der Waals surface area contributed by atoms with Gasteiger partial charge in [0.15, 0.2) is 14.7 Å². The van der Waals surface area contributed by atoms with Gasteiger partial charge in [-0.1, -0.05) is 24.3 Å². The molecule has 0 saturated carbocycles. The molecule has 128 valence electrons. The SMILES string of the molecule is Fc1ccc([S+](c2cc(F)cc(F)c2)c2ccc3ccccc3c2)cc1.